The van der Waals surface area contributed by atoms with Gasteiger partial charge in [0, 0.05) is 38.3 Å². The number of hydrogen-bond donors (Lipinski definition) is 1. The van der Waals surface area contributed by atoms with Crippen LogP contribution in [-0.2, 0) is 14.8 Å². The number of piperazine rings is 1. The zero-order valence-electron chi connectivity index (χ0n) is 19.8. The molecule has 0 aromatic heterocycles. The number of benzene rings is 2. The molecule has 1 fully saturated rings. The highest BCUT2D eigenvalue weighted by Gasteiger charge is 2.29. The fourth-order valence-electron chi connectivity index (χ4n) is 3.55. The highest BCUT2D eigenvalue weighted by Crippen LogP contribution is 2.32. The Morgan fingerprint density at radius 1 is 1.00 bits per heavy atom. The van der Waals surface area contributed by atoms with Crippen molar-refractivity contribution in [2.45, 2.75) is 11.8 Å². The van der Waals surface area contributed by atoms with Gasteiger partial charge in [0.1, 0.15) is 17.2 Å². The lowest BCUT2D eigenvalue weighted by Crippen LogP contribution is -2.50. The number of nitrogens with one attached hydrogen (secondary N) is 1. The van der Waals surface area contributed by atoms with Crippen LogP contribution in [0.4, 0.5) is 0 Å². The molecule has 34 heavy (non-hydrogen) atoms. The van der Waals surface area contributed by atoms with Gasteiger partial charge in [0.2, 0.25) is 10.0 Å². The van der Waals surface area contributed by atoms with Crippen LogP contribution < -0.4 is 19.6 Å². The molecule has 1 saturated heterocycles. The second kappa shape index (κ2) is 11.3. The van der Waals surface area contributed by atoms with E-state index in [2.05, 4.69) is 10.5 Å². The van der Waals surface area contributed by atoms with E-state index in [-0.39, 0.29) is 17.3 Å². The molecule has 1 N–H and O–H groups in total. The highest BCUT2D eigenvalue weighted by atomic mass is 32.2. The number of methoxy groups -OCH3 is 3. The Morgan fingerprint density at radius 3 is 2.12 bits per heavy atom. The van der Waals surface area contributed by atoms with Crippen molar-refractivity contribution >= 4 is 22.1 Å². The summed E-state index contributed by atoms with van der Waals surface area (Å²) in [6, 6.07) is 10.2. The van der Waals surface area contributed by atoms with E-state index in [1.807, 2.05) is 11.8 Å². The minimum Gasteiger partial charge on any atom is -0.496 e. The average Bonchev–Trinajstić information content (AvgIpc) is 2.84. The van der Waals surface area contributed by atoms with E-state index >= 15 is 0 Å². The van der Waals surface area contributed by atoms with Crippen molar-refractivity contribution < 1.29 is 27.4 Å². The lowest BCUT2D eigenvalue weighted by atomic mass is 10.2. The Labute approximate surface area is 200 Å². The molecule has 1 aliphatic heterocycles. The number of ether oxygens (including phenoxy) is 3. The summed E-state index contributed by atoms with van der Waals surface area (Å²) in [5.41, 5.74) is 4.05. The van der Waals surface area contributed by atoms with Gasteiger partial charge < -0.3 is 14.2 Å². The van der Waals surface area contributed by atoms with Crippen molar-refractivity contribution in [3.63, 3.8) is 0 Å². The summed E-state index contributed by atoms with van der Waals surface area (Å²) in [7, 11) is 1.03. The largest absolute Gasteiger partial charge is 0.496 e. The Balaban J connectivity index is 1.54. The van der Waals surface area contributed by atoms with Gasteiger partial charge in [-0.25, -0.2) is 13.8 Å². The van der Waals surface area contributed by atoms with Crippen LogP contribution in [0.3, 0.4) is 0 Å². The Bertz CT molecular complexity index is 1100. The molecule has 0 unspecified atom stereocenters. The molecule has 0 spiro atoms. The van der Waals surface area contributed by atoms with E-state index in [1.54, 1.807) is 43.5 Å². The van der Waals surface area contributed by atoms with E-state index < -0.39 is 10.0 Å². The molecule has 1 aliphatic rings. The minimum atomic E-state index is -3.54. The lowest BCUT2D eigenvalue weighted by molar-refractivity contribution is -0.122. The van der Waals surface area contributed by atoms with Crippen molar-refractivity contribution in [2.24, 2.45) is 5.10 Å². The minimum absolute atomic E-state index is 0.104. The monoisotopic (exact) mass is 490 g/mol. The van der Waals surface area contributed by atoms with Gasteiger partial charge in [-0.05, 0) is 19.1 Å². The first-order valence-electron chi connectivity index (χ1n) is 10.7. The van der Waals surface area contributed by atoms with E-state index in [9.17, 15) is 13.2 Å². The van der Waals surface area contributed by atoms with Crippen molar-refractivity contribution in [2.75, 3.05) is 54.1 Å². The van der Waals surface area contributed by atoms with Gasteiger partial charge in [0.25, 0.3) is 5.91 Å². The fraction of sp³-hybridized carbons (Fsp3) is 0.391. The zero-order valence-corrected chi connectivity index (χ0v) is 20.6. The smallest absolute Gasteiger partial charge is 0.254 e. The van der Waals surface area contributed by atoms with Crippen LogP contribution in [0.15, 0.2) is 46.4 Å². The predicted octanol–water partition coefficient (Wildman–Crippen LogP) is 1.48. The first-order valence-corrected chi connectivity index (χ1v) is 12.1. The summed E-state index contributed by atoms with van der Waals surface area (Å²) in [6.07, 6.45) is 1.45. The van der Waals surface area contributed by atoms with Crippen LogP contribution in [0.25, 0.3) is 0 Å². The third-order valence-corrected chi connectivity index (χ3v) is 7.41. The SMILES string of the molecule is COc1cc(OC)c(C=NNC(=O)CN2CCN(S(=O)(=O)c3ccc(C)cc3)CC2)c(OC)c1. The molecular weight excluding hydrogens is 460 g/mol. The second-order valence-electron chi connectivity index (χ2n) is 7.73. The quantitative estimate of drug-likeness (QED) is 0.419. The van der Waals surface area contributed by atoms with E-state index in [0.29, 0.717) is 49.0 Å². The molecule has 0 aliphatic carbocycles. The number of hydrazone groups is 1. The molecule has 2 aromatic carbocycles. The van der Waals surface area contributed by atoms with Crippen molar-refractivity contribution in [3.8, 4) is 17.2 Å². The van der Waals surface area contributed by atoms with Crippen LogP contribution in [-0.4, -0.2) is 83.8 Å². The molecule has 0 radical (unpaired) electrons. The predicted molar refractivity (Wildman–Crippen MR) is 128 cm³/mol. The number of aryl methyl sites for hydroxylation is 1. The molecule has 10 nitrogen and oxygen atoms in total. The lowest BCUT2D eigenvalue weighted by Gasteiger charge is -2.33. The fourth-order valence-corrected chi connectivity index (χ4v) is 4.98. The Morgan fingerprint density at radius 2 is 1.59 bits per heavy atom. The molecule has 2 aromatic rings. The van der Waals surface area contributed by atoms with Crippen LogP contribution in [0.5, 0.6) is 17.2 Å². The number of rotatable bonds is 9. The van der Waals surface area contributed by atoms with Gasteiger partial charge in [0.15, 0.2) is 0 Å². The standard InChI is InChI=1S/C23H30N4O6S/c1-17-5-7-19(8-6-17)34(29,30)27-11-9-26(10-12-27)16-23(28)25-24-15-20-21(32-3)13-18(31-2)14-22(20)33-4/h5-8,13-15H,9-12,16H2,1-4H3,(H,25,28). The summed E-state index contributed by atoms with van der Waals surface area (Å²) >= 11 is 0. The second-order valence-corrected chi connectivity index (χ2v) is 9.67. The summed E-state index contributed by atoms with van der Waals surface area (Å²) in [4.78, 5) is 14.5. The molecule has 3 rings (SSSR count). The maximum Gasteiger partial charge on any atom is 0.254 e. The maximum atomic E-state index is 12.8. The van der Waals surface area contributed by atoms with Crippen LogP contribution in [0, 0.1) is 6.92 Å². The highest BCUT2D eigenvalue weighted by molar-refractivity contribution is 7.89. The molecule has 184 valence electrons. The van der Waals surface area contributed by atoms with Gasteiger partial charge in [0.05, 0.1) is 44.5 Å². The molecule has 0 saturated carbocycles. The van der Waals surface area contributed by atoms with Gasteiger partial charge in [-0.1, -0.05) is 17.7 Å². The van der Waals surface area contributed by atoms with Gasteiger partial charge in [-0.15, -0.1) is 0 Å². The first kappa shape index (κ1) is 25.5. The van der Waals surface area contributed by atoms with Gasteiger partial charge in [-0.3, -0.25) is 9.69 Å². The van der Waals surface area contributed by atoms with E-state index in [4.69, 9.17) is 14.2 Å². The van der Waals surface area contributed by atoms with Crippen molar-refractivity contribution in [1.29, 1.82) is 0 Å². The van der Waals surface area contributed by atoms with Crippen LogP contribution in [0.1, 0.15) is 11.1 Å². The summed E-state index contributed by atoms with van der Waals surface area (Å²) in [5, 5.41) is 4.02. The summed E-state index contributed by atoms with van der Waals surface area (Å²) in [6.45, 7) is 3.53. The summed E-state index contributed by atoms with van der Waals surface area (Å²) < 4.78 is 43.0. The maximum absolute atomic E-state index is 12.8. The third kappa shape index (κ3) is 6.04. The molecule has 1 heterocycles. The van der Waals surface area contributed by atoms with Crippen molar-refractivity contribution in [1.82, 2.24) is 14.6 Å². The molecule has 11 heteroatoms. The number of carbonyl (C=O) groups is 1. The van der Waals surface area contributed by atoms with E-state index in [1.165, 1.54) is 24.7 Å². The topological polar surface area (TPSA) is 110 Å². The van der Waals surface area contributed by atoms with Crippen LogP contribution in [0.2, 0.25) is 0 Å². The average molecular weight is 491 g/mol. The molecular formula is C23H30N4O6S. The zero-order chi connectivity index (χ0) is 24.7. The first-order chi connectivity index (χ1) is 16.3. The normalized spacial score (nSPS) is 15.3. The van der Waals surface area contributed by atoms with Crippen LogP contribution >= 0.6 is 0 Å². The van der Waals surface area contributed by atoms with Gasteiger partial charge >= 0.3 is 0 Å². The Kier molecular flexibility index (Phi) is 8.48. The Hall–Kier alpha value is -3.15. The number of nitrogens with zero attached hydrogens (tertiary/aromatic N) is 3. The molecule has 0 bridgehead atoms. The molecule has 1 amide bonds. The third-order valence-electron chi connectivity index (χ3n) is 5.49. The van der Waals surface area contributed by atoms with E-state index in [0.717, 1.165) is 5.56 Å². The van der Waals surface area contributed by atoms with Crippen molar-refractivity contribution in [3.05, 3.63) is 47.5 Å². The summed E-state index contributed by atoms with van der Waals surface area (Å²) in [5.74, 6) is 1.23. The number of sulfonamides is 1. The van der Waals surface area contributed by atoms with Gasteiger partial charge in [-0.2, -0.15) is 9.41 Å². The number of hydrogen-bond acceptors (Lipinski definition) is 8. The number of carbonyl (C=O) groups excluding carboxylic acids is 1. The molecule has 0 atom stereocenters. The number of amides is 1.